The first kappa shape index (κ1) is 28.6. The zero-order valence-electron chi connectivity index (χ0n) is 24.2. The average molecular weight is 545 g/mol. The van der Waals surface area contributed by atoms with Crippen LogP contribution in [-0.4, -0.2) is 58.8 Å². The number of fused-ring (bicyclic) bond motifs is 5. The van der Waals surface area contributed by atoms with Gasteiger partial charge in [0.15, 0.2) is 6.61 Å². The lowest BCUT2D eigenvalue weighted by Crippen LogP contribution is -2.51. The highest BCUT2D eigenvalue weighted by atomic mass is 16.6. The van der Waals surface area contributed by atoms with Crippen molar-refractivity contribution in [1.29, 1.82) is 0 Å². The standard InChI is InChI=1S/C31H48N2O6/c1-29(2)17-19(11-14-38-29)25(16-28(36)37)32-27(35)18-39-33-21-9-12-30(3)20(15-21)5-6-22-23-7-8-26(34)31(23,4)13-10-24(22)30/h15,19,22-26,34H,5-14,16-18H2,1-4H3,(H,32,35)(H,36,37)/b33-21+/t19-,22+,23+,24+,25+,26+,30+,31+/m1/s1. The van der Waals surface area contributed by atoms with Crippen molar-refractivity contribution in [2.45, 2.75) is 116 Å². The second-order valence-electron chi connectivity index (χ2n) is 14.1. The highest BCUT2D eigenvalue weighted by Crippen LogP contribution is 2.65. The van der Waals surface area contributed by atoms with E-state index < -0.39 is 12.0 Å². The second kappa shape index (κ2) is 10.8. The molecule has 8 heteroatoms. The summed E-state index contributed by atoms with van der Waals surface area (Å²) in [5.74, 6) is 0.772. The molecule has 1 heterocycles. The number of aliphatic hydroxyl groups is 1. The van der Waals surface area contributed by atoms with E-state index in [1.165, 1.54) is 18.4 Å². The number of hydrogen-bond acceptors (Lipinski definition) is 6. The number of carboxylic acid groups (broad SMARTS) is 1. The summed E-state index contributed by atoms with van der Waals surface area (Å²) >= 11 is 0. The lowest BCUT2D eigenvalue weighted by atomic mass is 9.47. The van der Waals surface area contributed by atoms with Gasteiger partial charge in [-0.1, -0.05) is 24.6 Å². The van der Waals surface area contributed by atoms with E-state index in [9.17, 15) is 19.8 Å². The van der Waals surface area contributed by atoms with Crippen LogP contribution in [0, 0.1) is 34.5 Å². The normalized spacial score (nSPS) is 41.0. The second-order valence-corrected chi connectivity index (χ2v) is 14.1. The smallest absolute Gasteiger partial charge is 0.305 e. The van der Waals surface area contributed by atoms with E-state index in [1.54, 1.807) is 0 Å². The number of aliphatic carboxylic acids is 1. The third-order valence-corrected chi connectivity index (χ3v) is 11.3. The van der Waals surface area contributed by atoms with Gasteiger partial charge in [0.2, 0.25) is 0 Å². The van der Waals surface area contributed by atoms with Crippen LogP contribution >= 0.6 is 0 Å². The molecule has 0 bridgehead atoms. The van der Waals surface area contributed by atoms with E-state index in [2.05, 4.69) is 30.4 Å². The van der Waals surface area contributed by atoms with Crippen molar-refractivity contribution in [3.8, 4) is 0 Å². The Bertz CT molecular complexity index is 1020. The fourth-order valence-electron chi connectivity index (χ4n) is 9.18. The van der Waals surface area contributed by atoms with Gasteiger partial charge >= 0.3 is 5.97 Å². The molecule has 0 unspecified atom stereocenters. The molecule has 8 atom stereocenters. The zero-order chi connectivity index (χ0) is 28.0. The highest BCUT2D eigenvalue weighted by Gasteiger charge is 2.58. The third kappa shape index (κ3) is 5.65. The molecule has 8 nitrogen and oxygen atoms in total. The molecule has 3 N–H and O–H groups in total. The molecule has 0 aromatic heterocycles. The van der Waals surface area contributed by atoms with E-state index in [0.29, 0.717) is 30.8 Å². The van der Waals surface area contributed by atoms with Crippen molar-refractivity contribution in [1.82, 2.24) is 5.32 Å². The van der Waals surface area contributed by atoms with Crippen LogP contribution in [0.4, 0.5) is 0 Å². The number of ether oxygens (including phenoxy) is 1. The molecular formula is C31H48N2O6. The minimum atomic E-state index is -0.927. The van der Waals surface area contributed by atoms with Crippen LogP contribution < -0.4 is 5.32 Å². The van der Waals surface area contributed by atoms with Crippen LogP contribution in [-0.2, 0) is 19.2 Å². The van der Waals surface area contributed by atoms with Gasteiger partial charge in [0.25, 0.3) is 5.91 Å². The van der Waals surface area contributed by atoms with E-state index in [4.69, 9.17) is 9.57 Å². The van der Waals surface area contributed by atoms with Gasteiger partial charge in [-0.2, -0.15) is 0 Å². The summed E-state index contributed by atoms with van der Waals surface area (Å²) in [4.78, 5) is 29.7. The molecule has 4 fully saturated rings. The molecule has 0 radical (unpaired) electrons. The minimum absolute atomic E-state index is 0.0427. The first-order valence-corrected chi connectivity index (χ1v) is 15.1. The Morgan fingerprint density at radius 1 is 1.10 bits per heavy atom. The van der Waals surface area contributed by atoms with Crippen molar-refractivity contribution in [3.63, 3.8) is 0 Å². The minimum Gasteiger partial charge on any atom is -0.481 e. The van der Waals surface area contributed by atoms with Crippen molar-refractivity contribution >= 4 is 17.6 Å². The summed E-state index contributed by atoms with van der Waals surface area (Å²) in [5.41, 5.74) is 2.30. The lowest BCUT2D eigenvalue weighted by molar-refractivity contribution is -0.139. The van der Waals surface area contributed by atoms with Gasteiger partial charge in [0.1, 0.15) is 0 Å². The van der Waals surface area contributed by atoms with Crippen LogP contribution in [0.3, 0.4) is 0 Å². The number of rotatable bonds is 7. The number of hydrogen-bond donors (Lipinski definition) is 3. The van der Waals surface area contributed by atoms with Crippen molar-refractivity contribution in [2.24, 2.45) is 39.7 Å². The number of carbonyl (C=O) groups excluding carboxylic acids is 1. The fraction of sp³-hybridized carbons (Fsp3) is 0.839. The lowest BCUT2D eigenvalue weighted by Gasteiger charge is -2.57. The molecule has 4 aliphatic carbocycles. The van der Waals surface area contributed by atoms with Crippen LogP contribution in [0.1, 0.15) is 98.3 Å². The molecule has 5 aliphatic rings. The number of oxime groups is 1. The Labute approximate surface area is 233 Å². The van der Waals surface area contributed by atoms with Gasteiger partial charge in [-0.3, -0.25) is 9.59 Å². The average Bonchev–Trinajstić information content (AvgIpc) is 3.17. The third-order valence-electron chi connectivity index (χ3n) is 11.3. The number of nitrogens with one attached hydrogen (secondary N) is 1. The molecule has 1 saturated heterocycles. The van der Waals surface area contributed by atoms with Gasteiger partial charge in [-0.25, -0.2) is 0 Å². The maximum absolute atomic E-state index is 12.7. The number of nitrogens with zero attached hydrogens (tertiary/aromatic N) is 1. The van der Waals surface area contributed by atoms with E-state index in [-0.39, 0.29) is 47.4 Å². The predicted molar refractivity (Wildman–Crippen MR) is 148 cm³/mol. The maximum Gasteiger partial charge on any atom is 0.305 e. The number of carbonyl (C=O) groups is 2. The molecule has 39 heavy (non-hydrogen) atoms. The van der Waals surface area contributed by atoms with Gasteiger partial charge in [-0.15, -0.1) is 0 Å². The Hall–Kier alpha value is -1.93. The summed E-state index contributed by atoms with van der Waals surface area (Å²) in [6.07, 6.45) is 11.9. The molecular weight excluding hydrogens is 496 g/mol. The molecule has 0 spiro atoms. The van der Waals surface area contributed by atoms with E-state index >= 15 is 0 Å². The summed E-state index contributed by atoms with van der Waals surface area (Å²) in [7, 11) is 0. The quantitative estimate of drug-likeness (QED) is 0.395. The van der Waals surface area contributed by atoms with Gasteiger partial charge < -0.3 is 25.1 Å². The van der Waals surface area contributed by atoms with Crippen LogP contribution in [0.15, 0.2) is 16.8 Å². The number of allylic oxidation sites excluding steroid dienone is 2. The van der Waals surface area contributed by atoms with Gasteiger partial charge in [0, 0.05) is 12.6 Å². The predicted octanol–water partition coefficient (Wildman–Crippen LogP) is 4.85. The maximum atomic E-state index is 12.7. The number of amides is 1. The van der Waals surface area contributed by atoms with Crippen LogP contribution in [0.2, 0.25) is 0 Å². The van der Waals surface area contributed by atoms with Crippen LogP contribution in [0.5, 0.6) is 0 Å². The van der Waals surface area contributed by atoms with E-state index in [1.807, 2.05) is 13.8 Å². The summed E-state index contributed by atoms with van der Waals surface area (Å²) in [6.45, 7) is 9.10. The molecule has 218 valence electrons. The van der Waals surface area contributed by atoms with Crippen LogP contribution in [0.25, 0.3) is 0 Å². The molecule has 0 aromatic carbocycles. The Morgan fingerprint density at radius 2 is 1.90 bits per heavy atom. The van der Waals surface area contributed by atoms with Crippen molar-refractivity contribution in [2.75, 3.05) is 13.2 Å². The van der Waals surface area contributed by atoms with Gasteiger partial charge in [0.05, 0.1) is 23.8 Å². The number of carboxylic acids is 1. The SMILES string of the molecule is CC1(C)C[C@H]([C@H](CC(=O)O)NC(=O)CO/N=C2/C=C3CC[C@H]4[C@@H]5CC[C@H](O)[C@@]5(C)CC[C@@H]4[C@@]3(C)CC2)CCO1. The largest absolute Gasteiger partial charge is 0.481 e. The highest BCUT2D eigenvalue weighted by molar-refractivity contribution is 5.96. The molecule has 1 aliphatic heterocycles. The van der Waals surface area contributed by atoms with E-state index in [0.717, 1.165) is 50.7 Å². The van der Waals surface area contributed by atoms with Crippen molar-refractivity contribution in [3.05, 3.63) is 11.6 Å². The Morgan fingerprint density at radius 3 is 2.64 bits per heavy atom. The summed E-state index contributed by atoms with van der Waals surface area (Å²) in [5, 5.41) is 27.3. The molecule has 5 rings (SSSR count). The Kier molecular flexibility index (Phi) is 7.92. The molecule has 1 amide bonds. The first-order valence-electron chi connectivity index (χ1n) is 15.1. The monoisotopic (exact) mass is 544 g/mol. The Balaban J connectivity index is 1.18. The zero-order valence-corrected chi connectivity index (χ0v) is 24.2. The molecule has 0 aromatic rings. The van der Waals surface area contributed by atoms with Crippen molar-refractivity contribution < 1.29 is 29.4 Å². The summed E-state index contributed by atoms with van der Waals surface area (Å²) in [6, 6.07) is -0.458. The fourth-order valence-corrected chi connectivity index (χ4v) is 9.18. The van der Waals surface area contributed by atoms with Gasteiger partial charge in [-0.05, 0) is 119 Å². The molecule has 3 saturated carbocycles. The topological polar surface area (TPSA) is 117 Å². The first-order chi connectivity index (χ1) is 18.4. The number of aliphatic hydroxyl groups excluding tert-OH is 1. The summed E-state index contributed by atoms with van der Waals surface area (Å²) < 4.78 is 5.77.